The second-order valence-electron chi connectivity index (χ2n) is 4.25. The van der Waals surface area contributed by atoms with Gasteiger partial charge in [0.15, 0.2) is 5.41 Å². The summed E-state index contributed by atoms with van der Waals surface area (Å²) in [5, 5.41) is 0. The highest BCUT2D eigenvalue weighted by Crippen LogP contribution is 2.31. The van der Waals surface area contributed by atoms with Crippen molar-refractivity contribution in [3.63, 3.8) is 0 Å². The molecule has 0 saturated heterocycles. The van der Waals surface area contributed by atoms with Gasteiger partial charge in [0.1, 0.15) is 0 Å². The fourth-order valence-corrected chi connectivity index (χ4v) is 1.51. The van der Waals surface area contributed by atoms with Crippen molar-refractivity contribution >= 4 is 11.9 Å². The van der Waals surface area contributed by atoms with Crippen LogP contribution in [0, 0.1) is 17.3 Å². The van der Waals surface area contributed by atoms with Crippen LogP contribution in [0.15, 0.2) is 24.3 Å². The molecule has 0 heterocycles. The van der Waals surface area contributed by atoms with E-state index in [0.717, 1.165) is 5.57 Å². The van der Waals surface area contributed by atoms with Crippen molar-refractivity contribution in [2.45, 2.75) is 26.7 Å². The summed E-state index contributed by atoms with van der Waals surface area (Å²) in [6.07, 6.45) is 3.42. The van der Waals surface area contributed by atoms with E-state index in [1.807, 2.05) is 13.8 Å². The normalized spacial score (nSPS) is 9.68. The third-order valence-corrected chi connectivity index (χ3v) is 2.61. The minimum atomic E-state index is -1.42. The number of methoxy groups -OCH3 is 2. The van der Waals surface area contributed by atoms with Crippen LogP contribution in [0.4, 0.5) is 0 Å². The Morgan fingerprint density at radius 1 is 1.21 bits per heavy atom. The van der Waals surface area contributed by atoms with E-state index in [4.69, 9.17) is 9.47 Å². The van der Waals surface area contributed by atoms with E-state index in [1.165, 1.54) is 20.3 Å². The van der Waals surface area contributed by atoms with Crippen molar-refractivity contribution in [2.75, 3.05) is 14.2 Å². The van der Waals surface area contributed by atoms with Gasteiger partial charge in [-0.2, -0.15) is 0 Å². The number of rotatable bonds is 5. The van der Waals surface area contributed by atoms with Crippen LogP contribution >= 0.6 is 0 Å². The zero-order valence-corrected chi connectivity index (χ0v) is 11.9. The average molecular weight is 264 g/mol. The molecule has 4 heteroatoms. The highest BCUT2D eigenvalue weighted by atomic mass is 16.5. The number of carbonyl (C=O) groups excluding carboxylic acids is 2. The largest absolute Gasteiger partial charge is 0.468 e. The Morgan fingerprint density at radius 3 is 2.11 bits per heavy atom. The molecule has 0 atom stereocenters. The molecule has 19 heavy (non-hydrogen) atoms. The molecule has 0 fully saturated rings. The average Bonchev–Trinajstić information content (AvgIpc) is 2.40. The van der Waals surface area contributed by atoms with Crippen LogP contribution in [0.3, 0.4) is 0 Å². The molecule has 0 spiro atoms. The first-order valence-corrected chi connectivity index (χ1v) is 5.84. The number of ether oxygens (including phenoxy) is 2. The molecule has 0 amide bonds. The van der Waals surface area contributed by atoms with E-state index in [9.17, 15) is 9.59 Å². The standard InChI is InChI=1S/C15H20O4/c1-6-7-8-10-15(13(16)18-4,14(17)19-5)11-9-12(2)3/h6,9H,1,10-11H2,2-5H3. The van der Waals surface area contributed by atoms with Gasteiger partial charge in [0.25, 0.3) is 0 Å². The topological polar surface area (TPSA) is 52.6 Å². The van der Waals surface area contributed by atoms with Gasteiger partial charge >= 0.3 is 11.9 Å². The number of carbonyl (C=O) groups is 2. The molecule has 104 valence electrons. The summed E-state index contributed by atoms with van der Waals surface area (Å²) in [4.78, 5) is 24.0. The van der Waals surface area contributed by atoms with Crippen molar-refractivity contribution in [1.29, 1.82) is 0 Å². The molecule has 0 bridgehead atoms. The maximum atomic E-state index is 12.0. The Balaban J connectivity index is 5.56. The second kappa shape index (κ2) is 8.15. The predicted molar refractivity (Wildman–Crippen MR) is 73.1 cm³/mol. The fourth-order valence-electron chi connectivity index (χ4n) is 1.51. The summed E-state index contributed by atoms with van der Waals surface area (Å²) in [6.45, 7) is 7.23. The molecule has 0 N–H and O–H groups in total. The first-order chi connectivity index (χ1) is 8.94. The van der Waals surface area contributed by atoms with Crippen LogP contribution in [0.5, 0.6) is 0 Å². The van der Waals surface area contributed by atoms with Crippen LogP contribution in [0.25, 0.3) is 0 Å². The highest BCUT2D eigenvalue weighted by molar-refractivity contribution is 6.00. The molecule has 0 rings (SSSR count). The number of esters is 2. The Morgan fingerprint density at radius 2 is 1.74 bits per heavy atom. The molecule has 0 radical (unpaired) electrons. The highest BCUT2D eigenvalue weighted by Gasteiger charge is 2.47. The van der Waals surface area contributed by atoms with Crippen molar-refractivity contribution in [1.82, 2.24) is 0 Å². The van der Waals surface area contributed by atoms with Crippen LogP contribution in [-0.2, 0) is 19.1 Å². The van der Waals surface area contributed by atoms with E-state index in [1.54, 1.807) is 6.08 Å². The van der Waals surface area contributed by atoms with Gasteiger partial charge < -0.3 is 9.47 Å². The van der Waals surface area contributed by atoms with Gasteiger partial charge in [-0.15, -0.1) is 0 Å². The lowest BCUT2D eigenvalue weighted by Crippen LogP contribution is -2.40. The van der Waals surface area contributed by atoms with Crippen molar-refractivity contribution < 1.29 is 19.1 Å². The van der Waals surface area contributed by atoms with E-state index in [-0.39, 0.29) is 12.8 Å². The van der Waals surface area contributed by atoms with Crippen molar-refractivity contribution in [3.05, 3.63) is 24.3 Å². The predicted octanol–water partition coefficient (Wildman–Crippen LogP) is 2.25. The van der Waals surface area contributed by atoms with E-state index < -0.39 is 17.4 Å². The third kappa shape index (κ3) is 4.63. The second-order valence-corrected chi connectivity index (χ2v) is 4.25. The van der Waals surface area contributed by atoms with Gasteiger partial charge in [-0.1, -0.05) is 30.1 Å². The summed E-state index contributed by atoms with van der Waals surface area (Å²) in [6, 6.07) is 0. The first-order valence-electron chi connectivity index (χ1n) is 5.84. The number of allylic oxidation sites excluding steroid dienone is 3. The van der Waals surface area contributed by atoms with E-state index in [2.05, 4.69) is 18.4 Å². The molecule has 0 aromatic heterocycles. The zero-order valence-electron chi connectivity index (χ0n) is 11.9. The van der Waals surface area contributed by atoms with Crippen LogP contribution in [-0.4, -0.2) is 26.2 Å². The maximum Gasteiger partial charge on any atom is 0.324 e. The van der Waals surface area contributed by atoms with Gasteiger partial charge in [-0.25, -0.2) is 0 Å². The van der Waals surface area contributed by atoms with Crippen LogP contribution in [0.2, 0.25) is 0 Å². The molecule has 0 aliphatic rings. The van der Waals surface area contributed by atoms with Crippen LogP contribution < -0.4 is 0 Å². The summed E-state index contributed by atoms with van der Waals surface area (Å²) in [7, 11) is 2.48. The Kier molecular flexibility index (Phi) is 7.28. The molecular weight excluding hydrogens is 244 g/mol. The smallest absolute Gasteiger partial charge is 0.324 e. The lowest BCUT2D eigenvalue weighted by atomic mass is 9.80. The minimum absolute atomic E-state index is 0.0299. The van der Waals surface area contributed by atoms with Gasteiger partial charge in [0.2, 0.25) is 0 Å². The summed E-state index contributed by atoms with van der Waals surface area (Å²) < 4.78 is 9.48. The molecule has 0 saturated carbocycles. The Hall–Kier alpha value is -2.02. The minimum Gasteiger partial charge on any atom is -0.468 e. The Bertz CT molecular complexity index is 415. The molecule has 4 nitrogen and oxygen atoms in total. The van der Waals surface area contributed by atoms with Gasteiger partial charge in [0.05, 0.1) is 14.2 Å². The van der Waals surface area contributed by atoms with Gasteiger partial charge in [-0.3, -0.25) is 9.59 Å². The first kappa shape index (κ1) is 17.0. The molecule has 0 aliphatic carbocycles. The van der Waals surface area contributed by atoms with Gasteiger partial charge in [-0.05, 0) is 26.3 Å². The molecule has 0 unspecified atom stereocenters. The van der Waals surface area contributed by atoms with E-state index in [0.29, 0.717) is 0 Å². The molecular formula is C15H20O4. The zero-order chi connectivity index (χ0) is 14.9. The molecule has 0 aromatic rings. The summed E-state index contributed by atoms with van der Waals surface area (Å²) in [5.74, 6) is 4.07. The van der Waals surface area contributed by atoms with Crippen molar-refractivity contribution in [3.8, 4) is 11.8 Å². The maximum absolute atomic E-state index is 12.0. The quantitative estimate of drug-likeness (QED) is 0.331. The molecule has 0 aliphatic heterocycles. The number of hydrogen-bond donors (Lipinski definition) is 0. The SMILES string of the molecule is C=CC#CCC(CC=C(C)C)(C(=O)OC)C(=O)OC. The fraction of sp³-hybridized carbons (Fsp3) is 0.467. The monoisotopic (exact) mass is 264 g/mol. The Labute approximate surface area is 114 Å². The van der Waals surface area contributed by atoms with Crippen LogP contribution in [0.1, 0.15) is 26.7 Å². The lowest BCUT2D eigenvalue weighted by Gasteiger charge is -2.25. The van der Waals surface area contributed by atoms with E-state index >= 15 is 0 Å². The summed E-state index contributed by atoms with van der Waals surface area (Å²) >= 11 is 0. The summed E-state index contributed by atoms with van der Waals surface area (Å²) in [5.41, 5.74) is -0.426. The van der Waals surface area contributed by atoms with Gasteiger partial charge in [0, 0.05) is 6.42 Å². The van der Waals surface area contributed by atoms with Crippen molar-refractivity contribution in [2.24, 2.45) is 5.41 Å². The lowest BCUT2D eigenvalue weighted by molar-refractivity contribution is -0.168. The molecule has 0 aromatic carbocycles. The third-order valence-electron chi connectivity index (χ3n) is 2.61. The number of hydrogen-bond acceptors (Lipinski definition) is 4.